The molecule has 4 aromatic rings. The fourth-order valence-electron chi connectivity index (χ4n) is 3.09. The van der Waals surface area contributed by atoms with Crippen molar-refractivity contribution in [3.63, 3.8) is 0 Å². The van der Waals surface area contributed by atoms with Crippen LogP contribution in [0.5, 0.6) is 0 Å². The number of amides is 1. The van der Waals surface area contributed by atoms with E-state index in [1.807, 2.05) is 31.2 Å². The lowest BCUT2D eigenvalue weighted by Gasteiger charge is -2.18. The van der Waals surface area contributed by atoms with E-state index in [1.54, 1.807) is 38.5 Å². The first-order valence-electron chi connectivity index (χ1n) is 9.81. The molecule has 0 aliphatic carbocycles. The van der Waals surface area contributed by atoms with Crippen LogP contribution in [0.3, 0.4) is 0 Å². The average Bonchev–Trinajstić information content (AvgIpc) is 3.21. The monoisotopic (exact) mass is 417 g/mol. The topological polar surface area (TPSA) is 129 Å². The molecule has 0 unspecified atom stereocenters. The lowest BCUT2D eigenvalue weighted by atomic mass is 9.99. The molecule has 0 aliphatic heterocycles. The summed E-state index contributed by atoms with van der Waals surface area (Å²) in [5.74, 6) is 0.320. The summed E-state index contributed by atoms with van der Waals surface area (Å²) in [7, 11) is 0. The largest absolute Gasteiger partial charge is 0.386 e. The Kier molecular flexibility index (Phi) is 5.35. The molecule has 0 fully saturated rings. The first-order chi connectivity index (χ1) is 14.8. The molecule has 0 saturated carbocycles. The first-order valence-corrected chi connectivity index (χ1v) is 9.81. The predicted octanol–water partition coefficient (Wildman–Crippen LogP) is 3.40. The number of aromatic nitrogens is 5. The summed E-state index contributed by atoms with van der Waals surface area (Å²) in [6, 6.07) is 9.11. The number of pyridine rings is 1. The molecule has 9 nitrogen and oxygen atoms in total. The zero-order valence-electron chi connectivity index (χ0n) is 17.4. The van der Waals surface area contributed by atoms with Gasteiger partial charge in [0.25, 0.3) is 5.91 Å². The van der Waals surface area contributed by atoms with Crippen molar-refractivity contribution >= 4 is 28.6 Å². The van der Waals surface area contributed by atoms with Crippen molar-refractivity contribution in [1.29, 1.82) is 0 Å². The number of carbonyl (C=O) groups excluding carboxylic acids is 1. The fourth-order valence-corrected chi connectivity index (χ4v) is 3.09. The maximum Gasteiger partial charge on any atom is 0.257 e. The number of H-pyrrole nitrogens is 1. The SMILES string of the molecule is C[C@H](Nc1cnc2cn[nH]c2n1)c1cccc(NC(=O)c2cncc(C(C)(C)O)c2)c1. The Hall–Kier alpha value is -3.85. The van der Waals surface area contributed by atoms with Crippen molar-refractivity contribution in [2.45, 2.75) is 32.4 Å². The molecule has 1 atom stereocenters. The van der Waals surface area contributed by atoms with E-state index in [0.717, 1.165) is 5.56 Å². The van der Waals surface area contributed by atoms with Crippen molar-refractivity contribution in [2.75, 3.05) is 10.6 Å². The summed E-state index contributed by atoms with van der Waals surface area (Å²) < 4.78 is 0. The zero-order chi connectivity index (χ0) is 22.0. The number of fused-ring (bicyclic) bond motifs is 1. The second kappa shape index (κ2) is 8.11. The van der Waals surface area contributed by atoms with Gasteiger partial charge in [-0.15, -0.1) is 0 Å². The Bertz CT molecular complexity index is 1230. The molecule has 3 heterocycles. The average molecular weight is 417 g/mol. The van der Waals surface area contributed by atoms with E-state index in [-0.39, 0.29) is 11.9 Å². The number of aliphatic hydroxyl groups is 1. The minimum atomic E-state index is -1.08. The first kappa shape index (κ1) is 20.4. The molecule has 158 valence electrons. The number of hydrogen-bond acceptors (Lipinski definition) is 7. The van der Waals surface area contributed by atoms with Crippen LogP contribution in [0, 0.1) is 0 Å². The van der Waals surface area contributed by atoms with Gasteiger partial charge in [-0.1, -0.05) is 12.1 Å². The van der Waals surface area contributed by atoms with Gasteiger partial charge in [-0.3, -0.25) is 14.9 Å². The maximum absolute atomic E-state index is 12.7. The van der Waals surface area contributed by atoms with E-state index < -0.39 is 5.60 Å². The lowest BCUT2D eigenvalue weighted by molar-refractivity contribution is 0.0781. The Balaban J connectivity index is 1.48. The van der Waals surface area contributed by atoms with Crippen molar-refractivity contribution < 1.29 is 9.90 Å². The van der Waals surface area contributed by atoms with E-state index >= 15 is 0 Å². The minimum absolute atomic E-state index is 0.0771. The summed E-state index contributed by atoms with van der Waals surface area (Å²) in [5.41, 5.74) is 2.80. The third-order valence-corrected chi connectivity index (χ3v) is 4.87. The molecule has 0 spiro atoms. The molecule has 1 amide bonds. The van der Waals surface area contributed by atoms with Crippen molar-refractivity contribution in [2.24, 2.45) is 0 Å². The number of anilines is 2. The fraction of sp³-hybridized carbons (Fsp3) is 0.227. The molecule has 9 heteroatoms. The van der Waals surface area contributed by atoms with Crippen LogP contribution in [0.2, 0.25) is 0 Å². The number of hydrogen-bond donors (Lipinski definition) is 4. The van der Waals surface area contributed by atoms with Crippen LogP contribution >= 0.6 is 0 Å². The standard InChI is InChI=1S/C22H23N7O2/c1-13(26-19-12-24-18-11-25-29-20(18)28-19)14-5-4-6-17(8-14)27-21(30)15-7-16(10-23-9-15)22(2,3)31/h4-13,31H,1-3H3,(H,27,30)(H2,25,26,28,29)/t13-/m0/s1. The van der Waals surface area contributed by atoms with Crippen LogP contribution in [0.1, 0.15) is 48.3 Å². The normalized spacial score (nSPS) is 12.5. The van der Waals surface area contributed by atoms with Crippen LogP contribution < -0.4 is 10.6 Å². The summed E-state index contributed by atoms with van der Waals surface area (Å²) in [6.45, 7) is 5.30. The van der Waals surface area contributed by atoms with Crippen LogP contribution in [-0.4, -0.2) is 36.2 Å². The van der Waals surface area contributed by atoms with Crippen LogP contribution in [0.4, 0.5) is 11.5 Å². The van der Waals surface area contributed by atoms with E-state index in [0.29, 0.717) is 33.8 Å². The summed E-state index contributed by atoms with van der Waals surface area (Å²) >= 11 is 0. The van der Waals surface area contributed by atoms with Crippen LogP contribution in [0.25, 0.3) is 11.2 Å². The van der Waals surface area contributed by atoms with Gasteiger partial charge < -0.3 is 15.7 Å². The van der Waals surface area contributed by atoms with Gasteiger partial charge in [0.1, 0.15) is 11.3 Å². The Morgan fingerprint density at radius 3 is 2.81 bits per heavy atom. The van der Waals surface area contributed by atoms with E-state index in [4.69, 9.17) is 0 Å². The minimum Gasteiger partial charge on any atom is -0.386 e. The molecule has 0 bridgehead atoms. The van der Waals surface area contributed by atoms with Crippen molar-refractivity contribution in [3.05, 3.63) is 71.8 Å². The Morgan fingerprint density at radius 1 is 1.16 bits per heavy atom. The highest BCUT2D eigenvalue weighted by molar-refractivity contribution is 6.04. The molecule has 3 aromatic heterocycles. The number of benzene rings is 1. The number of nitrogens with one attached hydrogen (secondary N) is 3. The van der Waals surface area contributed by atoms with Gasteiger partial charge in [-0.25, -0.2) is 9.97 Å². The highest BCUT2D eigenvalue weighted by atomic mass is 16.3. The molecule has 4 N–H and O–H groups in total. The summed E-state index contributed by atoms with van der Waals surface area (Å²) in [6.07, 6.45) is 6.30. The molecule has 4 rings (SSSR count). The van der Waals surface area contributed by atoms with Crippen LogP contribution in [-0.2, 0) is 5.60 Å². The smallest absolute Gasteiger partial charge is 0.257 e. The van der Waals surface area contributed by atoms with Crippen molar-refractivity contribution in [1.82, 2.24) is 25.1 Å². The predicted molar refractivity (Wildman–Crippen MR) is 118 cm³/mol. The van der Waals surface area contributed by atoms with Gasteiger partial charge in [0.15, 0.2) is 5.65 Å². The van der Waals surface area contributed by atoms with Gasteiger partial charge in [0, 0.05) is 23.6 Å². The number of nitrogens with zero attached hydrogens (tertiary/aromatic N) is 4. The number of rotatable bonds is 6. The highest BCUT2D eigenvalue weighted by Gasteiger charge is 2.18. The molecule has 0 radical (unpaired) electrons. The number of carbonyl (C=O) groups is 1. The van der Waals surface area contributed by atoms with Crippen LogP contribution in [0.15, 0.2) is 55.1 Å². The number of aromatic amines is 1. The second-order valence-corrected chi connectivity index (χ2v) is 7.83. The Labute approximate surface area is 179 Å². The maximum atomic E-state index is 12.7. The molecule has 1 aromatic carbocycles. The van der Waals surface area contributed by atoms with Crippen molar-refractivity contribution in [3.8, 4) is 0 Å². The van der Waals surface area contributed by atoms with Gasteiger partial charge in [0.05, 0.1) is 29.6 Å². The van der Waals surface area contributed by atoms with E-state index in [1.165, 1.54) is 6.20 Å². The summed E-state index contributed by atoms with van der Waals surface area (Å²) in [4.78, 5) is 25.5. The summed E-state index contributed by atoms with van der Waals surface area (Å²) in [5, 5.41) is 23.1. The third kappa shape index (κ3) is 4.67. The van der Waals surface area contributed by atoms with E-state index in [2.05, 4.69) is 35.8 Å². The molecule has 0 saturated heterocycles. The van der Waals surface area contributed by atoms with Gasteiger partial charge in [0.2, 0.25) is 0 Å². The lowest BCUT2D eigenvalue weighted by Crippen LogP contribution is -2.18. The quantitative estimate of drug-likeness (QED) is 0.378. The molecule has 0 aliphatic rings. The molecular formula is C22H23N7O2. The van der Waals surface area contributed by atoms with Gasteiger partial charge >= 0.3 is 0 Å². The van der Waals surface area contributed by atoms with Gasteiger partial charge in [-0.05, 0) is 44.5 Å². The Morgan fingerprint density at radius 2 is 2.00 bits per heavy atom. The third-order valence-electron chi connectivity index (χ3n) is 4.87. The second-order valence-electron chi connectivity index (χ2n) is 7.83. The van der Waals surface area contributed by atoms with Gasteiger partial charge in [-0.2, -0.15) is 5.10 Å². The highest BCUT2D eigenvalue weighted by Crippen LogP contribution is 2.23. The molecular weight excluding hydrogens is 394 g/mol. The zero-order valence-corrected chi connectivity index (χ0v) is 17.4. The van der Waals surface area contributed by atoms with E-state index in [9.17, 15) is 9.90 Å². The molecule has 31 heavy (non-hydrogen) atoms.